The molecule has 0 spiro atoms. The number of piperidine rings is 1. The summed E-state index contributed by atoms with van der Waals surface area (Å²) in [7, 11) is 1.54. The molecule has 1 aliphatic rings. The van der Waals surface area contributed by atoms with E-state index in [1.807, 2.05) is 30.3 Å². The zero-order valence-corrected chi connectivity index (χ0v) is 16.0. The molecule has 1 saturated heterocycles. The summed E-state index contributed by atoms with van der Waals surface area (Å²) in [6.07, 6.45) is 1.24. The molecule has 0 bridgehead atoms. The molecule has 0 amide bonds. The monoisotopic (exact) mass is 363 g/mol. The summed E-state index contributed by atoms with van der Waals surface area (Å²) in [5, 5.41) is 11.6. The normalized spacial score (nSPS) is 20.0. The lowest BCUT2D eigenvalue weighted by molar-refractivity contribution is 0.356. The van der Waals surface area contributed by atoms with E-state index in [9.17, 15) is 5.11 Å². The fraction of sp³-hybridized carbons (Fsp3) is 0.364. The van der Waals surface area contributed by atoms with Crippen molar-refractivity contribution in [3.05, 3.63) is 42.5 Å². The Hall–Kier alpha value is -2.82. The number of hydrogen-bond donors (Lipinski definition) is 1. The second-order valence-electron chi connectivity index (χ2n) is 7.60. The average Bonchev–Trinajstić information content (AvgIpc) is 2.66. The van der Waals surface area contributed by atoms with Gasteiger partial charge in [0.05, 0.1) is 18.2 Å². The van der Waals surface area contributed by atoms with Crippen LogP contribution in [0, 0.1) is 11.8 Å². The lowest BCUT2D eigenvalue weighted by Gasteiger charge is -2.36. The Kier molecular flexibility index (Phi) is 4.60. The second-order valence-corrected chi connectivity index (χ2v) is 7.60. The summed E-state index contributed by atoms with van der Waals surface area (Å²) in [6, 6.07) is 13.5. The molecule has 1 N–H and O–H groups in total. The fourth-order valence-corrected chi connectivity index (χ4v) is 4.12. The molecule has 0 unspecified atom stereocenters. The molecule has 3 aromatic rings. The van der Waals surface area contributed by atoms with Crippen LogP contribution in [-0.4, -0.2) is 35.3 Å². The minimum Gasteiger partial charge on any atom is -0.504 e. The summed E-state index contributed by atoms with van der Waals surface area (Å²) < 4.78 is 5.25. The number of nitrogens with zero attached hydrogens (tertiary/aromatic N) is 3. The molecule has 27 heavy (non-hydrogen) atoms. The number of benzene rings is 2. The summed E-state index contributed by atoms with van der Waals surface area (Å²) >= 11 is 0. The van der Waals surface area contributed by atoms with Gasteiger partial charge in [-0.1, -0.05) is 32.0 Å². The molecular formula is C22H25N3O2. The third kappa shape index (κ3) is 3.29. The molecule has 2 atom stereocenters. The maximum absolute atomic E-state index is 10.6. The van der Waals surface area contributed by atoms with Crippen molar-refractivity contribution < 1.29 is 9.84 Å². The Morgan fingerprint density at radius 3 is 2.48 bits per heavy atom. The predicted octanol–water partition coefficient (Wildman–Crippen LogP) is 4.49. The van der Waals surface area contributed by atoms with Gasteiger partial charge in [0.15, 0.2) is 17.3 Å². The van der Waals surface area contributed by atoms with Gasteiger partial charge in [0.1, 0.15) is 5.82 Å². The molecule has 140 valence electrons. The van der Waals surface area contributed by atoms with Gasteiger partial charge in [-0.3, -0.25) is 0 Å². The van der Waals surface area contributed by atoms with Crippen LogP contribution >= 0.6 is 0 Å². The van der Waals surface area contributed by atoms with Gasteiger partial charge >= 0.3 is 0 Å². The molecule has 5 nitrogen and oxygen atoms in total. The first-order valence-corrected chi connectivity index (χ1v) is 9.45. The topological polar surface area (TPSA) is 58.5 Å². The Bertz CT molecular complexity index is 963. The number of ether oxygens (including phenoxy) is 1. The molecule has 5 heteroatoms. The van der Waals surface area contributed by atoms with E-state index < -0.39 is 0 Å². The first kappa shape index (κ1) is 17.6. The van der Waals surface area contributed by atoms with Crippen LogP contribution in [0.15, 0.2) is 42.5 Å². The number of para-hydroxylation sites is 2. The first-order valence-electron chi connectivity index (χ1n) is 9.45. The first-order chi connectivity index (χ1) is 13.1. The van der Waals surface area contributed by atoms with Crippen LogP contribution in [0.5, 0.6) is 11.5 Å². The predicted molar refractivity (Wildman–Crippen MR) is 108 cm³/mol. The number of hydrogen-bond acceptors (Lipinski definition) is 5. The Morgan fingerprint density at radius 1 is 1.00 bits per heavy atom. The number of aromatic hydroxyl groups is 1. The van der Waals surface area contributed by atoms with Crippen molar-refractivity contribution in [2.45, 2.75) is 20.3 Å². The van der Waals surface area contributed by atoms with Crippen molar-refractivity contribution in [3.8, 4) is 22.9 Å². The van der Waals surface area contributed by atoms with Crippen molar-refractivity contribution >= 4 is 16.7 Å². The SMILES string of the molecule is COc1cccc(-c2nc(N3C[C@H](C)C[C@H](C)C3)c3ccccc3n2)c1O. The van der Waals surface area contributed by atoms with Gasteiger partial charge in [0.2, 0.25) is 0 Å². The zero-order valence-electron chi connectivity index (χ0n) is 16.0. The highest BCUT2D eigenvalue weighted by atomic mass is 16.5. The maximum Gasteiger partial charge on any atom is 0.168 e. The third-order valence-corrected chi connectivity index (χ3v) is 5.21. The van der Waals surface area contributed by atoms with Crippen LogP contribution in [-0.2, 0) is 0 Å². The number of phenols is 1. The Labute approximate surface area is 159 Å². The highest BCUT2D eigenvalue weighted by molar-refractivity contribution is 5.91. The number of rotatable bonds is 3. The molecule has 0 saturated carbocycles. The minimum atomic E-state index is 0.0709. The van der Waals surface area contributed by atoms with Crippen LogP contribution in [0.3, 0.4) is 0 Å². The Balaban J connectivity index is 1.89. The summed E-state index contributed by atoms with van der Waals surface area (Å²) in [6.45, 7) is 6.55. The van der Waals surface area contributed by atoms with Gasteiger partial charge in [-0.15, -0.1) is 0 Å². The van der Waals surface area contributed by atoms with E-state index in [0.29, 0.717) is 29.0 Å². The van der Waals surface area contributed by atoms with Crippen LogP contribution in [0.4, 0.5) is 5.82 Å². The standard InChI is InChI=1S/C22H25N3O2/c1-14-11-15(2)13-25(12-14)22-16-7-4-5-9-18(16)23-21(24-22)17-8-6-10-19(27-3)20(17)26/h4-10,14-15,26H,11-13H2,1-3H3/t14-,15+. The second kappa shape index (κ2) is 7.06. The highest BCUT2D eigenvalue weighted by Crippen LogP contribution is 2.38. The van der Waals surface area contributed by atoms with E-state index in [2.05, 4.69) is 24.8 Å². The van der Waals surface area contributed by atoms with Crippen LogP contribution < -0.4 is 9.64 Å². The van der Waals surface area contributed by atoms with E-state index in [1.165, 1.54) is 6.42 Å². The molecule has 1 aliphatic heterocycles. The van der Waals surface area contributed by atoms with E-state index in [4.69, 9.17) is 14.7 Å². The van der Waals surface area contributed by atoms with E-state index >= 15 is 0 Å². The molecule has 0 radical (unpaired) electrons. The molecule has 0 aliphatic carbocycles. The van der Waals surface area contributed by atoms with Crippen molar-refractivity contribution in [1.82, 2.24) is 9.97 Å². The summed E-state index contributed by atoms with van der Waals surface area (Å²) in [5.41, 5.74) is 1.46. The average molecular weight is 363 g/mol. The third-order valence-electron chi connectivity index (χ3n) is 5.21. The maximum atomic E-state index is 10.6. The van der Waals surface area contributed by atoms with Gasteiger partial charge < -0.3 is 14.7 Å². The molecule has 1 fully saturated rings. The fourth-order valence-electron chi connectivity index (χ4n) is 4.12. The van der Waals surface area contributed by atoms with Crippen molar-refractivity contribution in [2.75, 3.05) is 25.1 Å². The van der Waals surface area contributed by atoms with Gasteiger partial charge in [-0.05, 0) is 42.5 Å². The van der Waals surface area contributed by atoms with E-state index in [0.717, 1.165) is 29.8 Å². The van der Waals surface area contributed by atoms with Gasteiger partial charge in [0, 0.05) is 18.5 Å². The van der Waals surface area contributed by atoms with Crippen molar-refractivity contribution in [3.63, 3.8) is 0 Å². The number of anilines is 1. The summed E-state index contributed by atoms with van der Waals surface area (Å²) in [4.78, 5) is 12.0. The highest BCUT2D eigenvalue weighted by Gasteiger charge is 2.25. The molecule has 2 aromatic carbocycles. The van der Waals surface area contributed by atoms with Gasteiger partial charge in [-0.25, -0.2) is 9.97 Å². The van der Waals surface area contributed by atoms with Crippen LogP contribution in [0.1, 0.15) is 20.3 Å². The van der Waals surface area contributed by atoms with Crippen molar-refractivity contribution in [1.29, 1.82) is 0 Å². The molecular weight excluding hydrogens is 338 g/mol. The molecule has 4 rings (SSSR count). The van der Waals surface area contributed by atoms with Crippen LogP contribution in [0.25, 0.3) is 22.3 Å². The number of phenolic OH excluding ortho intramolecular Hbond substituents is 1. The number of fused-ring (bicyclic) bond motifs is 1. The smallest absolute Gasteiger partial charge is 0.168 e. The number of aromatic nitrogens is 2. The van der Waals surface area contributed by atoms with E-state index in [-0.39, 0.29) is 5.75 Å². The minimum absolute atomic E-state index is 0.0709. The largest absolute Gasteiger partial charge is 0.504 e. The molecule has 1 aromatic heterocycles. The number of methoxy groups -OCH3 is 1. The quantitative estimate of drug-likeness (QED) is 0.743. The Morgan fingerprint density at radius 2 is 1.74 bits per heavy atom. The van der Waals surface area contributed by atoms with E-state index in [1.54, 1.807) is 13.2 Å². The lowest BCUT2D eigenvalue weighted by Crippen LogP contribution is -2.39. The van der Waals surface area contributed by atoms with Crippen molar-refractivity contribution in [2.24, 2.45) is 11.8 Å². The molecule has 2 heterocycles. The van der Waals surface area contributed by atoms with Crippen LogP contribution in [0.2, 0.25) is 0 Å². The van der Waals surface area contributed by atoms with Gasteiger partial charge in [-0.2, -0.15) is 0 Å². The zero-order chi connectivity index (χ0) is 19.0. The lowest BCUT2D eigenvalue weighted by atomic mass is 9.92. The summed E-state index contributed by atoms with van der Waals surface area (Å²) in [5.74, 6) is 3.20. The van der Waals surface area contributed by atoms with Gasteiger partial charge in [0.25, 0.3) is 0 Å².